The number of hydrogen-bond acceptors (Lipinski definition) is 3. The summed E-state index contributed by atoms with van der Waals surface area (Å²) >= 11 is 0. The van der Waals surface area contributed by atoms with Gasteiger partial charge >= 0.3 is 6.18 Å². The first-order valence-corrected chi connectivity index (χ1v) is 6.54. The maximum absolute atomic E-state index is 13.1. The molecule has 114 valence electrons. The second-order valence-electron chi connectivity index (χ2n) is 5.61. The Morgan fingerprint density at radius 3 is 2.62 bits per heavy atom. The van der Waals surface area contributed by atoms with Gasteiger partial charge in [0.25, 0.3) is 0 Å². The topological polar surface area (TPSA) is 55.9 Å². The van der Waals surface area contributed by atoms with Crippen LogP contribution in [0.1, 0.15) is 31.4 Å². The van der Waals surface area contributed by atoms with Crippen molar-refractivity contribution >= 4 is 0 Å². The SMILES string of the molecule is Cc1cc2n(n1)C[C@H](C)n1c-2cnc1[C@@](C)(O)C(F)(F)F. The number of aryl methyl sites for hydroxylation is 1. The van der Waals surface area contributed by atoms with E-state index in [9.17, 15) is 18.3 Å². The highest BCUT2D eigenvalue weighted by atomic mass is 19.4. The fourth-order valence-corrected chi connectivity index (χ4v) is 2.71. The smallest absolute Gasteiger partial charge is 0.374 e. The van der Waals surface area contributed by atoms with E-state index in [1.54, 1.807) is 17.7 Å². The van der Waals surface area contributed by atoms with Crippen LogP contribution in [-0.4, -0.2) is 30.6 Å². The highest BCUT2D eigenvalue weighted by Gasteiger charge is 2.55. The molecule has 3 heterocycles. The molecule has 0 spiro atoms. The average Bonchev–Trinajstić information content (AvgIpc) is 2.90. The molecule has 1 aliphatic rings. The third-order valence-electron chi connectivity index (χ3n) is 3.83. The summed E-state index contributed by atoms with van der Waals surface area (Å²) < 4.78 is 42.4. The van der Waals surface area contributed by atoms with E-state index in [4.69, 9.17) is 0 Å². The van der Waals surface area contributed by atoms with Crippen LogP contribution in [0, 0.1) is 6.92 Å². The Morgan fingerprint density at radius 2 is 2.00 bits per heavy atom. The molecule has 8 heteroatoms. The van der Waals surface area contributed by atoms with Crippen molar-refractivity contribution in [3.63, 3.8) is 0 Å². The second-order valence-corrected chi connectivity index (χ2v) is 5.61. The van der Waals surface area contributed by atoms with Gasteiger partial charge in [-0.05, 0) is 26.8 Å². The van der Waals surface area contributed by atoms with Crippen molar-refractivity contribution < 1.29 is 18.3 Å². The molecule has 0 bridgehead atoms. The first kappa shape index (κ1) is 14.1. The van der Waals surface area contributed by atoms with Gasteiger partial charge in [0.2, 0.25) is 5.60 Å². The van der Waals surface area contributed by atoms with Crippen molar-refractivity contribution in [2.75, 3.05) is 0 Å². The number of nitrogens with zero attached hydrogens (tertiary/aromatic N) is 4. The fraction of sp³-hybridized carbons (Fsp3) is 0.538. The number of fused-ring (bicyclic) bond motifs is 3. The van der Waals surface area contributed by atoms with Crippen LogP contribution < -0.4 is 0 Å². The molecule has 0 saturated heterocycles. The van der Waals surface area contributed by atoms with Gasteiger partial charge in [-0.3, -0.25) is 4.68 Å². The van der Waals surface area contributed by atoms with Crippen LogP contribution in [0.2, 0.25) is 0 Å². The van der Waals surface area contributed by atoms with Crippen molar-refractivity contribution in [2.45, 2.75) is 45.1 Å². The standard InChI is InChI=1S/C13H15F3N4O/c1-7-4-9-10-5-17-11(12(3,21)13(14,15)16)20(10)8(2)6-19(9)18-7/h4-5,8,21H,6H2,1-3H3/t8-,12+/m0/s1. The molecule has 0 unspecified atom stereocenters. The lowest BCUT2D eigenvalue weighted by Crippen LogP contribution is -2.42. The molecular formula is C13H15F3N4O. The Balaban J connectivity index is 2.20. The number of aliphatic hydroxyl groups is 1. The molecule has 1 aliphatic heterocycles. The Kier molecular flexibility index (Phi) is 2.75. The summed E-state index contributed by atoms with van der Waals surface area (Å²) in [6.07, 6.45) is -3.43. The molecule has 0 radical (unpaired) electrons. The van der Waals surface area contributed by atoms with Gasteiger partial charge < -0.3 is 9.67 Å². The number of aromatic nitrogens is 4. The molecule has 2 aromatic heterocycles. The highest BCUT2D eigenvalue weighted by Crippen LogP contribution is 2.41. The van der Waals surface area contributed by atoms with Crippen LogP contribution in [0.4, 0.5) is 13.2 Å². The van der Waals surface area contributed by atoms with E-state index < -0.39 is 11.8 Å². The quantitative estimate of drug-likeness (QED) is 0.880. The maximum Gasteiger partial charge on any atom is 0.424 e. The zero-order valence-corrected chi connectivity index (χ0v) is 11.8. The number of hydrogen-bond donors (Lipinski definition) is 1. The van der Waals surface area contributed by atoms with E-state index in [0.717, 1.165) is 12.6 Å². The van der Waals surface area contributed by atoms with Crippen LogP contribution in [0.15, 0.2) is 12.3 Å². The number of rotatable bonds is 1. The summed E-state index contributed by atoms with van der Waals surface area (Å²) in [7, 11) is 0. The monoisotopic (exact) mass is 300 g/mol. The summed E-state index contributed by atoms with van der Waals surface area (Å²) in [5, 5.41) is 14.2. The minimum Gasteiger partial charge on any atom is -0.374 e. The molecule has 0 aromatic carbocycles. The van der Waals surface area contributed by atoms with Crippen LogP contribution in [0.3, 0.4) is 0 Å². The van der Waals surface area contributed by atoms with Crippen LogP contribution in [0.5, 0.6) is 0 Å². The van der Waals surface area contributed by atoms with Crippen LogP contribution in [-0.2, 0) is 12.1 Å². The van der Waals surface area contributed by atoms with Gasteiger partial charge in [-0.25, -0.2) is 4.98 Å². The molecule has 2 atom stereocenters. The van der Waals surface area contributed by atoms with Crippen molar-refractivity contribution in [1.82, 2.24) is 19.3 Å². The molecule has 21 heavy (non-hydrogen) atoms. The van der Waals surface area contributed by atoms with Gasteiger partial charge in [0.15, 0.2) is 5.82 Å². The Labute approximate surface area is 119 Å². The van der Waals surface area contributed by atoms with Gasteiger partial charge in [-0.15, -0.1) is 0 Å². The van der Waals surface area contributed by atoms with Crippen LogP contribution >= 0.6 is 0 Å². The largest absolute Gasteiger partial charge is 0.424 e. The van der Waals surface area contributed by atoms with E-state index in [1.807, 2.05) is 6.92 Å². The lowest BCUT2D eigenvalue weighted by atomic mass is 10.0. The molecule has 0 saturated carbocycles. The predicted molar refractivity (Wildman–Crippen MR) is 68.5 cm³/mol. The fourth-order valence-electron chi connectivity index (χ4n) is 2.71. The molecule has 3 rings (SSSR count). The predicted octanol–water partition coefficient (Wildman–Crippen LogP) is 2.40. The first-order valence-electron chi connectivity index (χ1n) is 6.54. The lowest BCUT2D eigenvalue weighted by Gasteiger charge is -2.31. The van der Waals surface area contributed by atoms with E-state index in [0.29, 0.717) is 17.9 Å². The van der Waals surface area contributed by atoms with Crippen molar-refractivity contribution in [3.8, 4) is 11.4 Å². The third kappa shape index (κ3) is 1.89. The maximum atomic E-state index is 13.1. The number of alkyl halides is 3. The van der Waals surface area contributed by atoms with E-state index in [1.165, 1.54) is 10.8 Å². The minimum absolute atomic E-state index is 0.280. The molecule has 0 amide bonds. The van der Waals surface area contributed by atoms with Gasteiger partial charge in [-0.1, -0.05) is 0 Å². The van der Waals surface area contributed by atoms with Crippen molar-refractivity contribution in [1.29, 1.82) is 0 Å². The van der Waals surface area contributed by atoms with Crippen molar-refractivity contribution in [3.05, 3.63) is 23.8 Å². The van der Waals surface area contributed by atoms with Crippen molar-refractivity contribution in [2.24, 2.45) is 0 Å². The van der Waals surface area contributed by atoms with E-state index in [-0.39, 0.29) is 11.9 Å². The van der Waals surface area contributed by atoms with Gasteiger partial charge in [0.1, 0.15) is 0 Å². The highest BCUT2D eigenvalue weighted by molar-refractivity contribution is 5.57. The second kappa shape index (κ2) is 4.09. The Bertz CT molecular complexity index is 699. The first-order chi connectivity index (χ1) is 9.63. The molecule has 2 aromatic rings. The van der Waals surface area contributed by atoms with Gasteiger partial charge in [-0.2, -0.15) is 18.3 Å². The van der Waals surface area contributed by atoms with Gasteiger partial charge in [0.05, 0.1) is 35.9 Å². The van der Waals surface area contributed by atoms with Gasteiger partial charge in [0, 0.05) is 0 Å². The normalized spacial score (nSPS) is 20.8. The average molecular weight is 300 g/mol. The summed E-state index contributed by atoms with van der Waals surface area (Å²) in [5.74, 6) is -0.386. The summed E-state index contributed by atoms with van der Waals surface area (Å²) in [4.78, 5) is 3.85. The Morgan fingerprint density at radius 1 is 1.33 bits per heavy atom. The molecule has 0 fully saturated rings. The summed E-state index contributed by atoms with van der Waals surface area (Å²) in [6, 6.07) is 1.52. The minimum atomic E-state index is -4.79. The molecule has 0 aliphatic carbocycles. The molecular weight excluding hydrogens is 285 g/mol. The lowest BCUT2D eigenvalue weighted by molar-refractivity contribution is -0.262. The van der Waals surface area contributed by atoms with E-state index >= 15 is 0 Å². The van der Waals surface area contributed by atoms with E-state index in [2.05, 4.69) is 10.1 Å². The number of imidazole rings is 1. The summed E-state index contributed by atoms with van der Waals surface area (Å²) in [5.41, 5.74) is -0.955. The zero-order chi connectivity index (χ0) is 15.6. The Hall–Kier alpha value is -1.83. The summed E-state index contributed by atoms with van der Waals surface area (Å²) in [6.45, 7) is 4.77. The third-order valence-corrected chi connectivity index (χ3v) is 3.83. The number of halogens is 3. The molecule has 5 nitrogen and oxygen atoms in total. The zero-order valence-electron chi connectivity index (χ0n) is 11.8. The molecule has 1 N–H and O–H groups in total. The van der Waals surface area contributed by atoms with Crippen LogP contribution in [0.25, 0.3) is 11.4 Å².